The predicted molar refractivity (Wildman–Crippen MR) is 76.2 cm³/mol. The van der Waals surface area contributed by atoms with E-state index in [0.717, 1.165) is 35.2 Å². The molecule has 1 rings (SSSR count). The van der Waals surface area contributed by atoms with Gasteiger partial charge in [0.15, 0.2) is 0 Å². The van der Waals surface area contributed by atoms with Crippen molar-refractivity contribution in [1.82, 2.24) is 0 Å². The second kappa shape index (κ2) is 6.66. The number of benzene rings is 1. The van der Waals surface area contributed by atoms with Gasteiger partial charge in [-0.3, -0.25) is 0 Å². The van der Waals surface area contributed by atoms with Gasteiger partial charge in [0.25, 0.3) is 0 Å². The van der Waals surface area contributed by atoms with Crippen LogP contribution in [-0.4, -0.2) is 13.1 Å². The monoisotopic (exact) mass is 294 g/mol. The molecule has 1 aromatic rings. The van der Waals surface area contributed by atoms with Crippen molar-refractivity contribution in [2.24, 2.45) is 5.92 Å². The summed E-state index contributed by atoms with van der Waals surface area (Å²) in [7, 11) is 0. The first-order valence-corrected chi connectivity index (χ1v) is 6.86. The average Bonchev–Trinajstić information content (AvgIpc) is 2.35. The molecule has 1 atom stereocenters. The topological polar surface area (TPSA) is 27.0 Å². The van der Waals surface area contributed by atoms with Gasteiger partial charge in [-0.05, 0) is 40.9 Å². The summed E-state index contributed by atoms with van der Waals surface area (Å²) in [5.41, 5.74) is 1.77. The SMILES string of the molecule is CCC(C)CN(CC)c1cccc(Br)c1C#N. The Bertz CT molecular complexity index is 409. The Hall–Kier alpha value is -1.01. The van der Waals surface area contributed by atoms with E-state index in [9.17, 15) is 5.26 Å². The van der Waals surface area contributed by atoms with Crippen LogP contribution in [0, 0.1) is 17.2 Å². The molecule has 0 amide bonds. The van der Waals surface area contributed by atoms with Crippen LogP contribution in [0.5, 0.6) is 0 Å². The summed E-state index contributed by atoms with van der Waals surface area (Å²) in [5.74, 6) is 0.639. The number of nitriles is 1. The van der Waals surface area contributed by atoms with Crippen molar-refractivity contribution in [3.8, 4) is 6.07 Å². The van der Waals surface area contributed by atoms with Crippen LogP contribution in [0.25, 0.3) is 0 Å². The predicted octanol–water partition coefficient (Wildman–Crippen LogP) is 4.19. The van der Waals surface area contributed by atoms with Crippen LogP contribution in [-0.2, 0) is 0 Å². The summed E-state index contributed by atoms with van der Waals surface area (Å²) in [6.45, 7) is 8.50. The quantitative estimate of drug-likeness (QED) is 0.814. The molecule has 3 heteroatoms. The molecule has 0 heterocycles. The molecule has 0 radical (unpaired) electrons. The summed E-state index contributed by atoms with van der Waals surface area (Å²) in [6, 6.07) is 8.21. The molecule has 0 bridgehead atoms. The van der Waals surface area contributed by atoms with Crippen molar-refractivity contribution in [1.29, 1.82) is 5.26 Å². The number of hydrogen-bond donors (Lipinski definition) is 0. The molecule has 1 unspecified atom stereocenters. The van der Waals surface area contributed by atoms with Crippen molar-refractivity contribution in [2.75, 3.05) is 18.0 Å². The minimum Gasteiger partial charge on any atom is -0.370 e. The van der Waals surface area contributed by atoms with Gasteiger partial charge in [0.05, 0.1) is 11.3 Å². The minimum atomic E-state index is 0.639. The standard InChI is InChI=1S/C14H19BrN2/c1-4-11(3)10-17(5-2)14-8-6-7-13(15)12(14)9-16/h6-8,11H,4-5,10H2,1-3H3. The van der Waals surface area contributed by atoms with Crippen LogP contribution in [0.1, 0.15) is 32.8 Å². The van der Waals surface area contributed by atoms with E-state index in [2.05, 4.69) is 47.7 Å². The van der Waals surface area contributed by atoms with E-state index in [4.69, 9.17) is 0 Å². The van der Waals surface area contributed by atoms with Gasteiger partial charge in [0.1, 0.15) is 6.07 Å². The van der Waals surface area contributed by atoms with E-state index in [1.165, 1.54) is 0 Å². The Balaban J connectivity index is 3.04. The fourth-order valence-electron chi connectivity index (χ4n) is 1.79. The number of halogens is 1. The summed E-state index contributed by atoms with van der Waals surface area (Å²) < 4.78 is 0.875. The molecule has 0 saturated heterocycles. The zero-order valence-corrected chi connectivity index (χ0v) is 12.3. The van der Waals surface area contributed by atoms with Crippen LogP contribution in [0.4, 0.5) is 5.69 Å². The zero-order valence-electron chi connectivity index (χ0n) is 10.7. The lowest BCUT2D eigenvalue weighted by atomic mass is 10.1. The molecule has 0 saturated carbocycles. The van der Waals surface area contributed by atoms with E-state index in [0.29, 0.717) is 5.92 Å². The molecule has 92 valence electrons. The number of nitrogens with zero attached hydrogens (tertiary/aromatic N) is 2. The zero-order chi connectivity index (χ0) is 12.8. The van der Waals surface area contributed by atoms with Gasteiger partial charge in [-0.15, -0.1) is 0 Å². The normalized spacial score (nSPS) is 11.9. The Kier molecular flexibility index (Phi) is 5.50. The van der Waals surface area contributed by atoms with E-state index in [1.54, 1.807) is 0 Å². The molecule has 0 spiro atoms. The van der Waals surface area contributed by atoms with Crippen molar-refractivity contribution in [2.45, 2.75) is 27.2 Å². The molecule has 0 aliphatic heterocycles. The van der Waals surface area contributed by atoms with Gasteiger partial charge in [0.2, 0.25) is 0 Å². The van der Waals surface area contributed by atoms with Crippen LogP contribution < -0.4 is 4.90 Å². The third-order valence-corrected chi connectivity index (χ3v) is 3.72. The molecule has 0 aliphatic rings. The van der Waals surface area contributed by atoms with Crippen LogP contribution in [0.15, 0.2) is 22.7 Å². The van der Waals surface area contributed by atoms with Gasteiger partial charge in [0, 0.05) is 17.6 Å². The van der Waals surface area contributed by atoms with Crippen molar-refractivity contribution in [3.05, 3.63) is 28.2 Å². The molecule has 17 heavy (non-hydrogen) atoms. The highest BCUT2D eigenvalue weighted by Gasteiger charge is 2.13. The molecule has 0 aliphatic carbocycles. The summed E-state index contributed by atoms with van der Waals surface area (Å²) in [4.78, 5) is 2.28. The Morgan fingerprint density at radius 2 is 2.12 bits per heavy atom. The fourth-order valence-corrected chi connectivity index (χ4v) is 2.23. The van der Waals surface area contributed by atoms with Crippen LogP contribution >= 0.6 is 15.9 Å². The molecule has 0 N–H and O–H groups in total. The van der Waals surface area contributed by atoms with Gasteiger partial charge >= 0.3 is 0 Å². The second-order valence-corrected chi connectivity index (χ2v) is 5.15. The molecule has 2 nitrogen and oxygen atoms in total. The highest BCUT2D eigenvalue weighted by atomic mass is 79.9. The lowest BCUT2D eigenvalue weighted by Crippen LogP contribution is -2.28. The number of rotatable bonds is 5. The maximum Gasteiger partial charge on any atom is 0.103 e. The molecular weight excluding hydrogens is 276 g/mol. The Morgan fingerprint density at radius 1 is 1.41 bits per heavy atom. The van der Waals surface area contributed by atoms with Gasteiger partial charge < -0.3 is 4.90 Å². The molecule has 0 fully saturated rings. The minimum absolute atomic E-state index is 0.639. The van der Waals surface area contributed by atoms with E-state index >= 15 is 0 Å². The van der Waals surface area contributed by atoms with Gasteiger partial charge in [-0.1, -0.05) is 26.3 Å². The highest BCUT2D eigenvalue weighted by Crippen LogP contribution is 2.27. The molecular formula is C14H19BrN2. The van der Waals surface area contributed by atoms with Crippen molar-refractivity contribution in [3.63, 3.8) is 0 Å². The fraction of sp³-hybridized carbons (Fsp3) is 0.500. The summed E-state index contributed by atoms with van der Waals surface area (Å²) in [5, 5.41) is 9.23. The highest BCUT2D eigenvalue weighted by molar-refractivity contribution is 9.10. The lowest BCUT2D eigenvalue weighted by molar-refractivity contribution is 0.548. The van der Waals surface area contributed by atoms with Crippen LogP contribution in [0.3, 0.4) is 0 Å². The van der Waals surface area contributed by atoms with Crippen molar-refractivity contribution >= 4 is 21.6 Å². The third kappa shape index (κ3) is 3.47. The maximum atomic E-state index is 9.23. The van der Waals surface area contributed by atoms with Crippen molar-refractivity contribution < 1.29 is 0 Å². The third-order valence-electron chi connectivity index (χ3n) is 3.05. The van der Waals surface area contributed by atoms with E-state index in [-0.39, 0.29) is 0 Å². The first-order valence-electron chi connectivity index (χ1n) is 6.07. The van der Waals surface area contributed by atoms with Crippen LogP contribution in [0.2, 0.25) is 0 Å². The first kappa shape index (κ1) is 14.1. The summed E-state index contributed by atoms with van der Waals surface area (Å²) >= 11 is 3.44. The Morgan fingerprint density at radius 3 is 2.65 bits per heavy atom. The van der Waals surface area contributed by atoms with Gasteiger partial charge in [-0.2, -0.15) is 5.26 Å². The smallest absolute Gasteiger partial charge is 0.103 e. The number of hydrogen-bond acceptors (Lipinski definition) is 2. The largest absolute Gasteiger partial charge is 0.370 e. The molecule has 1 aromatic carbocycles. The average molecular weight is 295 g/mol. The Labute approximate surface area is 112 Å². The maximum absolute atomic E-state index is 9.23. The van der Waals surface area contributed by atoms with E-state index in [1.807, 2.05) is 18.2 Å². The lowest BCUT2D eigenvalue weighted by Gasteiger charge is -2.27. The summed E-state index contributed by atoms with van der Waals surface area (Å²) in [6.07, 6.45) is 1.16. The molecule has 0 aromatic heterocycles. The number of anilines is 1. The first-order chi connectivity index (χ1) is 8.13. The van der Waals surface area contributed by atoms with E-state index < -0.39 is 0 Å². The second-order valence-electron chi connectivity index (χ2n) is 4.30. The van der Waals surface area contributed by atoms with Gasteiger partial charge in [-0.25, -0.2) is 0 Å².